The number of nitrogens with zero attached hydrogens (tertiary/aromatic N) is 1. The van der Waals surface area contributed by atoms with Gasteiger partial charge in [0.15, 0.2) is 0 Å². The summed E-state index contributed by atoms with van der Waals surface area (Å²) in [5.74, 6) is 1.10. The molecule has 0 aliphatic carbocycles. The van der Waals surface area contributed by atoms with Gasteiger partial charge in [0, 0.05) is 24.3 Å². The number of carbonyl (C=O) groups excluding carboxylic acids is 1. The number of halogens is 1. The molecule has 2 nitrogen and oxygen atoms in total. The molecule has 2 unspecified atom stereocenters. The van der Waals surface area contributed by atoms with E-state index in [1.165, 1.54) is 0 Å². The van der Waals surface area contributed by atoms with Gasteiger partial charge in [0.05, 0.1) is 0 Å². The van der Waals surface area contributed by atoms with E-state index in [-0.39, 0.29) is 11.3 Å². The molecule has 0 bridgehead atoms. The first-order valence-electron chi connectivity index (χ1n) is 6.21. The molecule has 0 aromatic rings. The molecule has 0 N–H and O–H groups in total. The van der Waals surface area contributed by atoms with E-state index in [4.69, 9.17) is 0 Å². The molecule has 0 saturated carbocycles. The molecule has 1 fully saturated rings. The lowest BCUT2D eigenvalue weighted by Crippen LogP contribution is -2.45. The van der Waals surface area contributed by atoms with Crippen molar-refractivity contribution in [1.82, 2.24) is 4.90 Å². The molecule has 2 atom stereocenters. The number of rotatable bonds is 3. The van der Waals surface area contributed by atoms with Crippen molar-refractivity contribution < 1.29 is 4.79 Å². The van der Waals surface area contributed by atoms with Crippen LogP contribution in [0.1, 0.15) is 40.5 Å². The van der Waals surface area contributed by atoms with Gasteiger partial charge in [-0.3, -0.25) is 4.79 Å². The fourth-order valence-electron chi connectivity index (χ4n) is 2.14. The van der Waals surface area contributed by atoms with Crippen LogP contribution in [0.2, 0.25) is 0 Å². The van der Waals surface area contributed by atoms with Crippen molar-refractivity contribution in [1.29, 1.82) is 0 Å². The Hall–Kier alpha value is -0.0500. The monoisotopic (exact) mass is 289 g/mol. The van der Waals surface area contributed by atoms with Crippen LogP contribution in [0.3, 0.4) is 0 Å². The maximum Gasteiger partial charge on any atom is 0.225 e. The zero-order chi connectivity index (χ0) is 12.3. The number of hydrogen-bond donors (Lipinski definition) is 0. The predicted molar refractivity (Wildman–Crippen MR) is 71.7 cm³/mol. The van der Waals surface area contributed by atoms with Crippen molar-refractivity contribution in [3.8, 4) is 0 Å². The minimum Gasteiger partial charge on any atom is -0.342 e. The van der Waals surface area contributed by atoms with Crippen LogP contribution < -0.4 is 0 Å². The van der Waals surface area contributed by atoms with Gasteiger partial charge in [-0.25, -0.2) is 0 Å². The largest absolute Gasteiger partial charge is 0.342 e. The number of likely N-dealkylation sites (tertiary alicyclic amines) is 1. The van der Waals surface area contributed by atoms with Crippen molar-refractivity contribution >= 4 is 21.8 Å². The lowest BCUT2D eigenvalue weighted by Gasteiger charge is -2.37. The summed E-state index contributed by atoms with van der Waals surface area (Å²) in [6, 6.07) is 0. The molecule has 0 radical (unpaired) electrons. The van der Waals surface area contributed by atoms with Gasteiger partial charge in [0.2, 0.25) is 5.91 Å². The molecule has 0 aromatic carbocycles. The van der Waals surface area contributed by atoms with E-state index in [2.05, 4.69) is 48.5 Å². The Morgan fingerprint density at radius 3 is 2.62 bits per heavy atom. The normalized spacial score (nSPS) is 24.7. The van der Waals surface area contributed by atoms with Crippen molar-refractivity contribution in [3.05, 3.63) is 0 Å². The van der Waals surface area contributed by atoms with E-state index < -0.39 is 0 Å². The first-order valence-corrected chi connectivity index (χ1v) is 7.33. The zero-order valence-electron chi connectivity index (χ0n) is 10.9. The van der Waals surface area contributed by atoms with Crippen LogP contribution in [0.15, 0.2) is 0 Å². The van der Waals surface area contributed by atoms with Gasteiger partial charge in [-0.05, 0) is 24.2 Å². The Bertz CT molecular complexity index is 247. The van der Waals surface area contributed by atoms with E-state index in [9.17, 15) is 4.79 Å². The van der Waals surface area contributed by atoms with E-state index in [0.717, 1.165) is 31.3 Å². The van der Waals surface area contributed by atoms with Crippen LogP contribution >= 0.6 is 15.9 Å². The number of alkyl halides is 1. The highest BCUT2D eigenvalue weighted by atomic mass is 79.9. The summed E-state index contributed by atoms with van der Waals surface area (Å²) in [7, 11) is 0. The van der Waals surface area contributed by atoms with E-state index in [1.54, 1.807) is 0 Å². The second kappa shape index (κ2) is 5.52. The van der Waals surface area contributed by atoms with E-state index >= 15 is 0 Å². The first-order chi connectivity index (χ1) is 7.36. The lowest BCUT2D eigenvalue weighted by molar-refractivity contribution is -0.138. The summed E-state index contributed by atoms with van der Waals surface area (Å²) < 4.78 is 0. The zero-order valence-corrected chi connectivity index (χ0v) is 12.5. The summed E-state index contributed by atoms with van der Waals surface area (Å²) in [4.78, 5) is 14.1. The molecule has 1 rings (SSSR count). The molecule has 1 amide bonds. The smallest absolute Gasteiger partial charge is 0.225 e. The van der Waals surface area contributed by atoms with Crippen molar-refractivity contribution in [3.63, 3.8) is 0 Å². The van der Waals surface area contributed by atoms with Gasteiger partial charge in [0.1, 0.15) is 0 Å². The number of hydrogen-bond acceptors (Lipinski definition) is 1. The fourth-order valence-corrected chi connectivity index (χ4v) is 3.31. The van der Waals surface area contributed by atoms with Crippen molar-refractivity contribution in [2.45, 2.75) is 40.5 Å². The number of piperidine rings is 1. The van der Waals surface area contributed by atoms with Crippen LogP contribution in [0.5, 0.6) is 0 Å². The molecular weight excluding hydrogens is 266 g/mol. The van der Waals surface area contributed by atoms with Gasteiger partial charge in [-0.2, -0.15) is 0 Å². The molecule has 94 valence electrons. The number of carbonyl (C=O) groups is 1. The Labute approximate surface area is 108 Å². The average Bonchev–Trinajstić information content (AvgIpc) is 2.18. The maximum absolute atomic E-state index is 12.0. The van der Waals surface area contributed by atoms with E-state index in [1.807, 2.05) is 0 Å². The van der Waals surface area contributed by atoms with Gasteiger partial charge in [0.25, 0.3) is 0 Å². The first kappa shape index (κ1) is 14.0. The third-order valence-electron chi connectivity index (χ3n) is 3.65. The maximum atomic E-state index is 12.0. The summed E-state index contributed by atoms with van der Waals surface area (Å²) in [5, 5.41) is 0.967. The average molecular weight is 290 g/mol. The predicted octanol–water partition coefficient (Wildman–Crippen LogP) is 3.30. The van der Waals surface area contributed by atoms with E-state index in [0.29, 0.717) is 11.8 Å². The lowest BCUT2D eigenvalue weighted by atomic mass is 9.81. The van der Waals surface area contributed by atoms with Crippen LogP contribution in [0.25, 0.3) is 0 Å². The topological polar surface area (TPSA) is 20.3 Å². The molecule has 1 heterocycles. The van der Waals surface area contributed by atoms with Crippen molar-refractivity contribution in [2.24, 2.45) is 17.3 Å². The molecular formula is C13H24BrNO. The Morgan fingerprint density at radius 1 is 1.50 bits per heavy atom. The van der Waals surface area contributed by atoms with Crippen LogP contribution in [0, 0.1) is 17.3 Å². The summed E-state index contributed by atoms with van der Waals surface area (Å²) >= 11 is 3.58. The molecule has 0 aromatic heterocycles. The second-order valence-electron chi connectivity index (χ2n) is 6.04. The molecule has 3 heteroatoms. The Balaban J connectivity index is 2.61. The van der Waals surface area contributed by atoms with Gasteiger partial charge >= 0.3 is 0 Å². The van der Waals surface area contributed by atoms with Gasteiger partial charge in [-0.1, -0.05) is 43.6 Å². The molecule has 1 saturated heterocycles. The summed E-state index contributed by atoms with van der Waals surface area (Å²) in [6.07, 6.45) is 2.22. The quantitative estimate of drug-likeness (QED) is 0.730. The molecule has 1 aliphatic heterocycles. The highest BCUT2D eigenvalue weighted by Crippen LogP contribution is 2.29. The summed E-state index contributed by atoms with van der Waals surface area (Å²) in [5.41, 5.74) is 0.254. The molecule has 16 heavy (non-hydrogen) atoms. The minimum absolute atomic E-state index is 0.227. The van der Waals surface area contributed by atoms with Crippen LogP contribution in [0.4, 0.5) is 0 Å². The third-order valence-corrected chi connectivity index (χ3v) is 4.43. The third kappa shape index (κ3) is 3.47. The highest BCUT2D eigenvalue weighted by Gasteiger charge is 2.31. The van der Waals surface area contributed by atoms with Crippen LogP contribution in [-0.2, 0) is 4.79 Å². The molecule has 0 spiro atoms. The van der Waals surface area contributed by atoms with Gasteiger partial charge < -0.3 is 4.90 Å². The second-order valence-corrected chi connectivity index (χ2v) is 6.69. The standard InChI is InChI=1S/C13H24BrNO/c1-10-6-5-7-15(12(10)16)9-11(8-14)13(2,3)4/h10-11H,5-9H2,1-4H3. The van der Waals surface area contributed by atoms with Crippen molar-refractivity contribution in [2.75, 3.05) is 18.4 Å². The fraction of sp³-hybridized carbons (Fsp3) is 0.923. The number of amides is 1. The summed E-state index contributed by atoms with van der Waals surface area (Å²) in [6.45, 7) is 10.6. The highest BCUT2D eigenvalue weighted by molar-refractivity contribution is 9.09. The Kier molecular flexibility index (Phi) is 4.84. The van der Waals surface area contributed by atoms with Crippen LogP contribution in [-0.4, -0.2) is 29.2 Å². The van der Waals surface area contributed by atoms with Gasteiger partial charge in [-0.15, -0.1) is 0 Å². The molecule has 1 aliphatic rings. The Morgan fingerprint density at radius 2 is 2.12 bits per heavy atom. The minimum atomic E-state index is 0.227. The SMILES string of the molecule is CC1CCCN(CC(CBr)C(C)(C)C)C1=O.